The lowest BCUT2D eigenvalue weighted by atomic mass is 9.87. The summed E-state index contributed by atoms with van der Waals surface area (Å²) >= 11 is 0. The number of esters is 1. The van der Waals surface area contributed by atoms with Gasteiger partial charge in [0.15, 0.2) is 0 Å². The molecule has 17 heavy (non-hydrogen) atoms. The zero-order valence-corrected chi connectivity index (χ0v) is 9.93. The number of hydrogen-bond donors (Lipinski definition) is 0. The third-order valence-electron chi connectivity index (χ3n) is 3.85. The van der Waals surface area contributed by atoms with E-state index in [0.29, 0.717) is 11.7 Å². The molecule has 0 aliphatic heterocycles. The number of hydrogen-bond acceptors (Lipinski definition) is 2. The van der Waals surface area contributed by atoms with E-state index in [1.165, 1.54) is 25.3 Å². The molecule has 2 bridgehead atoms. The minimum absolute atomic E-state index is 0.263. The summed E-state index contributed by atoms with van der Waals surface area (Å²) in [5.41, 5.74) is 1.37. The van der Waals surface area contributed by atoms with Crippen LogP contribution < -0.4 is 4.74 Å². The average Bonchev–Trinajstić information content (AvgIpc) is 2.91. The number of carbonyl (C=O) groups excluding carboxylic acids is 1. The van der Waals surface area contributed by atoms with Crippen molar-refractivity contribution in [1.29, 1.82) is 0 Å². The highest BCUT2D eigenvalue weighted by molar-refractivity contribution is 5.69. The van der Waals surface area contributed by atoms with E-state index in [-0.39, 0.29) is 5.97 Å². The first kappa shape index (κ1) is 10.6. The second-order valence-corrected chi connectivity index (χ2v) is 5.05. The lowest BCUT2D eigenvalue weighted by Crippen LogP contribution is -2.05. The summed E-state index contributed by atoms with van der Waals surface area (Å²) in [6.07, 6.45) is 7.30. The fourth-order valence-corrected chi connectivity index (χ4v) is 3.11. The number of fused-ring (bicyclic) bond motifs is 2. The van der Waals surface area contributed by atoms with Gasteiger partial charge in [0.05, 0.1) is 0 Å². The molecule has 0 saturated heterocycles. The summed E-state index contributed by atoms with van der Waals surface area (Å²) in [6, 6.07) is 7.98. The van der Waals surface area contributed by atoms with Gasteiger partial charge in [0.25, 0.3) is 0 Å². The highest BCUT2D eigenvalue weighted by Gasteiger charge is 2.36. The zero-order valence-electron chi connectivity index (χ0n) is 9.93. The van der Waals surface area contributed by atoms with Crippen molar-refractivity contribution in [1.82, 2.24) is 0 Å². The SMILES string of the molecule is CC(=O)Oc1ccc(C2CC3C=CC2C3)cc1. The monoisotopic (exact) mass is 228 g/mol. The maximum Gasteiger partial charge on any atom is 0.308 e. The third kappa shape index (κ3) is 1.99. The van der Waals surface area contributed by atoms with Crippen molar-refractivity contribution in [2.24, 2.45) is 11.8 Å². The minimum atomic E-state index is -0.263. The molecule has 2 nitrogen and oxygen atoms in total. The van der Waals surface area contributed by atoms with Crippen LogP contribution in [-0.2, 0) is 4.79 Å². The molecule has 0 spiro atoms. The number of allylic oxidation sites excluding steroid dienone is 2. The van der Waals surface area contributed by atoms with Crippen LogP contribution in [0.4, 0.5) is 0 Å². The lowest BCUT2D eigenvalue weighted by Gasteiger charge is -2.18. The van der Waals surface area contributed by atoms with Gasteiger partial charge in [-0.05, 0) is 48.3 Å². The Bertz CT molecular complexity index is 458. The van der Waals surface area contributed by atoms with Crippen LogP contribution in [0.25, 0.3) is 0 Å². The summed E-state index contributed by atoms with van der Waals surface area (Å²) in [5, 5.41) is 0. The highest BCUT2D eigenvalue weighted by Crippen LogP contribution is 2.48. The van der Waals surface area contributed by atoms with Crippen LogP contribution in [0, 0.1) is 11.8 Å². The first-order valence-electron chi connectivity index (χ1n) is 6.19. The second kappa shape index (κ2) is 4.02. The normalized spacial score (nSPS) is 29.6. The van der Waals surface area contributed by atoms with Gasteiger partial charge in [-0.1, -0.05) is 24.3 Å². The van der Waals surface area contributed by atoms with Crippen LogP contribution in [0.3, 0.4) is 0 Å². The van der Waals surface area contributed by atoms with Crippen LogP contribution in [0.5, 0.6) is 5.75 Å². The van der Waals surface area contributed by atoms with E-state index >= 15 is 0 Å². The summed E-state index contributed by atoms with van der Waals surface area (Å²) < 4.78 is 5.04. The van der Waals surface area contributed by atoms with Crippen molar-refractivity contribution >= 4 is 5.97 Å². The van der Waals surface area contributed by atoms with Gasteiger partial charge in [0.2, 0.25) is 0 Å². The largest absolute Gasteiger partial charge is 0.427 e. The molecule has 0 radical (unpaired) electrons. The molecule has 2 heteroatoms. The molecule has 1 fully saturated rings. The van der Waals surface area contributed by atoms with Crippen molar-refractivity contribution in [3.05, 3.63) is 42.0 Å². The fraction of sp³-hybridized carbons (Fsp3) is 0.400. The van der Waals surface area contributed by atoms with Crippen LogP contribution in [-0.4, -0.2) is 5.97 Å². The first-order valence-corrected chi connectivity index (χ1v) is 6.19. The predicted octanol–water partition coefficient (Wildman–Crippen LogP) is 3.29. The molecule has 2 aliphatic rings. The van der Waals surface area contributed by atoms with Crippen molar-refractivity contribution in [2.75, 3.05) is 0 Å². The van der Waals surface area contributed by atoms with Gasteiger partial charge in [-0.15, -0.1) is 0 Å². The Balaban J connectivity index is 1.76. The lowest BCUT2D eigenvalue weighted by molar-refractivity contribution is -0.131. The summed E-state index contributed by atoms with van der Waals surface area (Å²) in [5.74, 6) is 2.55. The quantitative estimate of drug-likeness (QED) is 0.441. The third-order valence-corrected chi connectivity index (χ3v) is 3.85. The summed E-state index contributed by atoms with van der Waals surface area (Å²) in [7, 11) is 0. The zero-order chi connectivity index (χ0) is 11.8. The second-order valence-electron chi connectivity index (χ2n) is 5.05. The number of benzene rings is 1. The minimum Gasteiger partial charge on any atom is -0.427 e. The Kier molecular flexibility index (Phi) is 2.50. The van der Waals surface area contributed by atoms with Gasteiger partial charge >= 0.3 is 5.97 Å². The molecule has 88 valence electrons. The van der Waals surface area contributed by atoms with E-state index in [9.17, 15) is 4.79 Å². The molecule has 3 unspecified atom stereocenters. The van der Waals surface area contributed by atoms with E-state index in [1.807, 2.05) is 12.1 Å². The fourth-order valence-electron chi connectivity index (χ4n) is 3.11. The van der Waals surface area contributed by atoms with E-state index in [0.717, 1.165) is 11.8 Å². The molecule has 0 amide bonds. The molecule has 1 aromatic carbocycles. The molecular formula is C15H16O2. The van der Waals surface area contributed by atoms with Gasteiger partial charge in [-0.25, -0.2) is 0 Å². The van der Waals surface area contributed by atoms with Crippen LogP contribution in [0.2, 0.25) is 0 Å². The summed E-state index contributed by atoms with van der Waals surface area (Å²) in [6.45, 7) is 1.43. The van der Waals surface area contributed by atoms with E-state index in [4.69, 9.17) is 4.74 Å². The Labute approximate surface area is 101 Å². The van der Waals surface area contributed by atoms with E-state index < -0.39 is 0 Å². The average molecular weight is 228 g/mol. The predicted molar refractivity (Wildman–Crippen MR) is 65.8 cm³/mol. The molecule has 1 aromatic rings. The molecular weight excluding hydrogens is 212 g/mol. The van der Waals surface area contributed by atoms with Crippen LogP contribution in [0.15, 0.2) is 36.4 Å². The molecule has 0 heterocycles. The van der Waals surface area contributed by atoms with Gasteiger partial charge in [0.1, 0.15) is 5.75 Å². The van der Waals surface area contributed by atoms with Crippen LogP contribution in [0.1, 0.15) is 31.2 Å². The smallest absolute Gasteiger partial charge is 0.308 e. The van der Waals surface area contributed by atoms with Gasteiger partial charge in [0, 0.05) is 6.92 Å². The van der Waals surface area contributed by atoms with E-state index in [2.05, 4.69) is 24.3 Å². The Hall–Kier alpha value is -1.57. The number of ether oxygens (including phenoxy) is 1. The molecule has 2 aliphatic carbocycles. The topological polar surface area (TPSA) is 26.3 Å². The standard InChI is InChI=1S/C15H16O2/c1-10(16)17-14-6-4-12(5-7-14)15-9-11-2-3-13(15)8-11/h2-7,11,13,15H,8-9H2,1H3. The van der Waals surface area contributed by atoms with Crippen molar-refractivity contribution in [3.8, 4) is 5.75 Å². The molecule has 0 N–H and O–H groups in total. The highest BCUT2D eigenvalue weighted by atomic mass is 16.5. The molecule has 3 atom stereocenters. The Morgan fingerprint density at radius 1 is 1.18 bits per heavy atom. The van der Waals surface area contributed by atoms with Crippen molar-refractivity contribution in [2.45, 2.75) is 25.7 Å². The van der Waals surface area contributed by atoms with E-state index in [1.54, 1.807) is 0 Å². The first-order chi connectivity index (χ1) is 8.22. The Morgan fingerprint density at radius 2 is 1.94 bits per heavy atom. The van der Waals surface area contributed by atoms with Crippen molar-refractivity contribution < 1.29 is 9.53 Å². The van der Waals surface area contributed by atoms with Gasteiger partial charge < -0.3 is 4.74 Å². The number of carbonyl (C=O) groups is 1. The summed E-state index contributed by atoms with van der Waals surface area (Å²) in [4.78, 5) is 10.8. The van der Waals surface area contributed by atoms with Crippen LogP contribution >= 0.6 is 0 Å². The van der Waals surface area contributed by atoms with Crippen molar-refractivity contribution in [3.63, 3.8) is 0 Å². The maximum absolute atomic E-state index is 10.8. The molecule has 3 rings (SSSR count). The van der Waals surface area contributed by atoms with Gasteiger partial charge in [-0.2, -0.15) is 0 Å². The maximum atomic E-state index is 10.8. The number of rotatable bonds is 2. The Morgan fingerprint density at radius 3 is 2.47 bits per heavy atom. The molecule has 0 aromatic heterocycles. The van der Waals surface area contributed by atoms with Gasteiger partial charge in [-0.3, -0.25) is 4.79 Å². The molecule has 1 saturated carbocycles.